The number of methoxy groups -OCH3 is 1. The Kier molecular flexibility index (Phi) is 4.83. The van der Waals surface area contributed by atoms with Crippen molar-refractivity contribution in [1.29, 1.82) is 0 Å². The summed E-state index contributed by atoms with van der Waals surface area (Å²) >= 11 is 6.69. The molecule has 0 aliphatic carbocycles. The van der Waals surface area contributed by atoms with E-state index in [0.717, 1.165) is 34.1 Å². The molecule has 2 N–H and O–H groups in total. The number of aromatic nitrogens is 1. The van der Waals surface area contributed by atoms with Gasteiger partial charge in [-0.05, 0) is 31.0 Å². The normalized spacial score (nSPS) is 12.5. The molecule has 126 valence electrons. The highest BCUT2D eigenvalue weighted by Gasteiger charge is 2.19. The molecule has 3 rings (SSSR count). The van der Waals surface area contributed by atoms with E-state index >= 15 is 0 Å². The Morgan fingerprint density at radius 3 is 2.58 bits per heavy atom. The molecule has 1 aromatic heterocycles. The standard InChI is InChI=1S/C20H22ClNO2/c1-12(23)9-16-13(2)22-17-11-15(10-14-7-5-4-6-8-14)20(24-3)19(21)18(16)17/h4-8,11-12,22-23H,9-10H2,1-3H3. The second-order valence-electron chi connectivity index (χ2n) is 6.25. The molecule has 0 spiro atoms. The SMILES string of the molecule is COc1c(Cc2ccccc2)cc2[nH]c(C)c(CC(C)O)c2c1Cl. The molecule has 24 heavy (non-hydrogen) atoms. The van der Waals surface area contributed by atoms with Crippen molar-refractivity contribution in [1.82, 2.24) is 4.98 Å². The monoisotopic (exact) mass is 343 g/mol. The summed E-state index contributed by atoms with van der Waals surface area (Å²) in [6.45, 7) is 3.80. The number of aryl methyl sites for hydroxylation is 1. The number of benzene rings is 2. The van der Waals surface area contributed by atoms with Gasteiger partial charge in [-0.3, -0.25) is 0 Å². The lowest BCUT2D eigenvalue weighted by Crippen LogP contribution is -2.05. The van der Waals surface area contributed by atoms with Crippen LogP contribution >= 0.6 is 11.6 Å². The predicted octanol–water partition coefficient (Wildman–Crippen LogP) is 4.65. The molecule has 0 bridgehead atoms. The number of hydrogen-bond acceptors (Lipinski definition) is 2. The average molecular weight is 344 g/mol. The number of fused-ring (bicyclic) bond motifs is 1. The maximum atomic E-state index is 9.79. The van der Waals surface area contributed by atoms with Gasteiger partial charge in [0.1, 0.15) is 5.75 Å². The van der Waals surface area contributed by atoms with Gasteiger partial charge in [0.25, 0.3) is 0 Å². The fraction of sp³-hybridized carbons (Fsp3) is 0.300. The minimum Gasteiger partial charge on any atom is -0.495 e. The van der Waals surface area contributed by atoms with Gasteiger partial charge in [0.2, 0.25) is 0 Å². The highest BCUT2D eigenvalue weighted by atomic mass is 35.5. The number of aromatic amines is 1. The van der Waals surface area contributed by atoms with Crippen molar-refractivity contribution in [3.8, 4) is 5.75 Å². The second kappa shape index (κ2) is 6.88. The zero-order valence-corrected chi connectivity index (χ0v) is 14.9. The molecule has 0 saturated heterocycles. The summed E-state index contributed by atoms with van der Waals surface area (Å²) in [5.74, 6) is 0.707. The van der Waals surface area contributed by atoms with Gasteiger partial charge < -0.3 is 14.8 Å². The van der Waals surface area contributed by atoms with Crippen molar-refractivity contribution in [2.75, 3.05) is 7.11 Å². The van der Waals surface area contributed by atoms with Gasteiger partial charge in [-0.25, -0.2) is 0 Å². The first-order valence-electron chi connectivity index (χ1n) is 8.09. The third kappa shape index (κ3) is 3.14. The Morgan fingerprint density at radius 2 is 1.96 bits per heavy atom. The molecule has 0 saturated carbocycles. The highest BCUT2D eigenvalue weighted by Crippen LogP contribution is 2.40. The first-order valence-corrected chi connectivity index (χ1v) is 8.47. The fourth-order valence-electron chi connectivity index (χ4n) is 3.26. The minimum absolute atomic E-state index is 0.422. The van der Waals surface area contributed by atoms with E-state index in [1.807, 2.05) is 25.1 Å². The third-order valence-corrected chi connectivity index (χ3v) is 4.68. The van der Waals surface area contributed by atoms with Crippen LogP contribution in [0.25, 0.3) is 10.9 Å². The number of rotatable bonds is 5. The van der Waals surface area contributed by atoms with Crippen LogP contribution in [-0.2, 0) is 12.8 Å². The van der Waals surface area contributed by atoms with Gasteiger partial charge in [-0.15, -0.1) is 0 Å². The van der Waals surface area contributed by atoms with E-state index in [2.05, 4.69) is 23.2 Å². The van der Waals surface area contributed by atoms with E-state index in [4.69, 9.17) is 16.3 Å². The zero-order valence-electron chi connectivity index (χ0n) is 14.2. The van der Waals surface area contributed by atoms with Crippen molar-refractivity contribution in [3.05, 3.63) is 63.8 Å². The van der Waals surface area contributed by atoms with E-state index in [1.165, 1.54) is 5.56 Å². The van der Waals surface area contributed by atoms with Crippen molar-refractivity contribution in [2.45, 2.75) is 32.8 Å². The largest absolute Gasteiger partial charge is 0.495 e. The first kappa shape index (κ1) is 16.9. The number of H-pyrrole nitrogens is 1. The van der Waals surface area contributed by atoms with Crippen LogP contribution in [0.2, 0.25) is 5.02 Å². The zero-order chi connectivity index (χ0) is 17.3. The predicted molar refractivity (Wildman–Crippen MR) is 99.2 cm³/mol. The van der Waals surface area contributed by atoms with E-state index in [0.29, 0.717) is 17.2 Å². The van der Waals surface area contributed by atoms with Gasteiger partial charge in [0.15, 0.2) is 0 Å². The minimum atomic E-state index is -0.422. The molecule has 1 unspecified atom stereocenters. The van der Waals surface area contributed by atoms with Crippen molar-refractivity contribution >= 4 is 22.5 Å². The van der Waals surface area contributed by atoms with Gasteiger partial charge in [-0.1, -0.05) is 41.9 Å². The lowest BCUT2D eigenvalue weighted by atomic mass is 9.99. The highest BCUT2D eigenvalue weighted by molar-refractivity contribution is 6.37. The molecule has 0 fully saturated rings. The number of nitrogens with one attached hydrogen (secondary N) is 1. The lowest BCUT2D eigenvalue weighted by Gasteiger charge is -2.13. The smallest absolute Gasteiger partial charge is 0.141 e. The maximum Gasteiger partial charge on any atom is 0.141 e. The Hall–Kier alpha value is -1.97. The number of hydrogen-bond donors (Lipinski definition) is 2. The van der Waals surface area contributed by atoms with Gasteiger partial charge in [0, 0.05) is 35.0 Å². The molecule has 0 amide bonds. The topological polar surface area (TPSA) is 45.2 Å². The second-order valence-corrected chi connectivity index (χ2v) is 6.63. The van der Waals surface area contributed by atoms with Crippen LogP contribution in [0.4, 0.5) is 0 Å². The lowest BCUT2D eigenvalue weighted by molar-refractivity contribution is 0.195. The Morgan fingerprint density at radius 1 is 1.25 bits per heavy atom. The summed E-state index contributed by atoms with van der Waals surface area (Å²) in [6.07, 6.45) is 0.893. The fourth-order valence-corrected chi connectivity index (χ4v) is 3.68. The first-order chi connectivity index (χ1) is 11.5. The van der Waals surface area contributed by atoms with Crippen LogP contribution in [0, 0.1) is 6.92 Å². The van der Waals surface area contributed by atoms with Crippen LogP contribution in [0.15, 0.2) is 36.4 Å². The maximum absolute atomic E-state index is 9.79. The van der Waals surface area contributed by atoms with E-state index in [1.54, 1.807) is 14.0 Å². The number of aliphatic hydroxyl groups excluding tert-OH is 1. The molecule has 1 heterocycles. The Balaban J connectivity index is 2.15. The van der Waals surface area contributed by atoms with Crippen LogP contribution in [0.5, 0.6) is 5.75 Å². The van der Waals surface area contributed by atoms with Crippen LogP contribution < -0.4 is 4.74 Å². The molecule has 3 aromatic rings. The number of ether oxygens (including phenoxy) is 1. The van der Waals surface area contributed by atoms with Gasteiger partial charge in [-0.2, -0.15) is 0 Å². The Labute approximate surface area is 147 Å². The van der Waals surface area contributed by atoms with Crippen LogP contribution in [0.3, 0.4) is 0 Å². The van der Waals surface area contributed by atoms with Crippen LogP contribution in [0.1, 0.15) is 29.3 Å². The molecular formula is C20H22ClNO2. The summed E-state index contributed by atoms with van der Waals surface area (Å²) in [5.41, 5.74) is 5.32. The van der Waals surface area contributed by atoms with Gasteiger partial charge in [0.05, 0.1) is 18.2 Å². The molecule has 3 nitrogen and oxygen atoms in total. The third-order valence-electron chi connectivity index (χ3n) is 4.32. The summed E-state index contributed by atoms with van der Waals surface area (Å²) in [6, 6.07) is 12.4. The van der Waals surface area contributed by atoms with E-state index in [9.17, 15) is 5.11 Å². The van der Waals surface area contributed by atoms with Crippen molar-refractivity contribution < 1.29 is 9.84 Å². The summed E-state index contributed by atoms with van der Waals surface area (Å²) in [5, 5.41) is 11.3. The summed E-state index contributed by atoms with van der Waals surface area (Å²) in [7, 11) is 1.65. The molecule has 4 heteroatoms. The summed E-state index contributed by atoms with van der Waals surface area (Å²) < 4.78 is 5.62. The molecule has 0 aliphatic rings. The number of halogens is 1. The summed E-state index contributed by atoms with van der Waals surface area (Å²) in [4.78, 5) is 3.40. The molecule has 2 aromatic carbocycles. The molecular weight excluding hydrogens is 322 g/mol. The molecule has 1 atom stereocenters. The molecule has 0 aliphatic heterocycles. The quantitative estimate of drug-likeness (QED) is 0.708. The van der Waals surface area contributed by atoms with Crippen molar-refractivity contribution in [3.63, 3.8) is 0 Å². The van der Waals surface area contributed by atoms with Crippen LogP contribution in [-0.4, -0.2) is 23.3 Å². The van der Waals surface area contributed by atoms with E-state index in [-0.39, 0.29) is 0 Å². The average Bonchev–Trinajstić information content (AvgIpc) is 2.84. The molecule has 0 radical (unpaired) electrons. The van der Waals surface area contributed by atoms with Crippen molar-refractivity contribution in [2.24, 2.45) is 0 Å². The van der Waals surface area contributed by atoms with E-state index < -0.39 is 6.10 Å². The van der Waals surface area contributed by atoms with Gasteiger partial charge >= 0.3 is 0 Å². The number of aliphatic hydroxyl groups is 1. The Bertz CT molecular complexity index is 853.